The number of nitrogens with zero attached hydrogens (tertiary/aromatic N) is 4. The number of hydrogen-bond acceptors (Lipinski definition) is 6. The van der Waals surface area contributed by atoms with Gasteiger partial charge in [-0.15, -0.1) is 0 Å². The number of nitro groups is 1. The van der Waals surface area contributed by atoms with E-state index >= 15 is 0 Å². The lowest BCUT2D eigenvalue weighted by molar-refractivity contribution is -0.383. The summed E-state index contributed by atoms with van der Waals surface area (Å²) < 4.78 is 13.7. The van der Waals surface area contributed by atoms with E-state index < -0.39 is 10.7 Å². The van der Waals surface area contributed by atoms with Crippen LogP contribution >= 0.6 is 0 Å². The van der Waals surface area contributed by atoms with Crippen LogP contribution < -0.4 is 5.32 Å². The Morgan fingerprint density at radius 1 is 1.45 bits per heavy atom. The maximum Gasteiger partial charge on any atom is 0.337 e. The van der Waals surface area contributed by atoms with E-state index in [1.165, 1.54) is 18.6 Å². The van der Waals surface area contributed by atoms with Crippen LogP contribution in [0.4, 0.5) is 15.9 Å². The van der Waals surface area contributed by atoms with Crippen LogP contribution in [0.2, 0.25) is 0 Å². The highest BCUT2D eigenvalue weighted by atomic mass is 19.1. The highest BCUT2D eigenvalue weighted by Crippen LogP contribution is 2.33. The summed E-state index contributed by atoms with van der Waals surface area (Å²) in [6, 6.07) is 1.34. The SMILES string of the molecule is CCCNc1ncnc(-c2ccncc2F)c1[N+](=O)[O-]. The van der Waals surface area contributed by atoms with E-state index in [1.807, 2.05) is 6.92 Å². The van der Waals surface area contributed by atoms with Gasteiger partial charge in [-0.3, -0.25) is 15.1 Å². The molecule has 0 radical (unpaired) electrons. The zero-order valence-corrected chi connectivity index (χ0v) is 10.7. The average Bonchev–Trinajstić information content (AvgIpc) is 2.45. The Morgan fingerprint density at radius 2 is 2.25 bits per heavy atom. The van der Waals surface area contributed by atoms with Gasteiger partial charge in [-0.2, -0.15) is 0 Å². The molecule has 0 saturated heterocycles. The molecule has 2 rings (SSSR count). The van der Waals surface area contributed by atoms with Gasteiger partial charge in [0.2, 0.25) is 5.82 Å². The van der Waals surface area contributed by atoms with Crippen LogP contribution in [0, 0.1) is 15.9 Å². The van der Waals surface area contributed by atoms with Crippen molar-refractivity contribution in [3.05, 3.63) is 40.7 Å². The first-order valence-electron chi connectivity index (χ1n) is 5.98. The Morgan fingerprint density at radius 3 is 2.90 bits per heavy atom. The van der Waals surface area contributed by atoms with E-state index in [0.29, 0.717) is 6.54 Å². The molecule has 104 valence electrons. The number of hydrogen-bond donors (Lipinski definition) is 1. The third kappa shape index (κ3) is 2.68. The van der Waals surface area contributed by atoms with Gasteiger partial charge in [0.15, 0.2) is 11.5 Å². The first kappa shape index (κ1) is 13.8. The molecule has 0 unspecified atom stereocenters. The molecule has 2 heterocycles. The van der Waals surface area contributed by atoms with E-state index in [9.17, 15) is 14.5 Å². The summed E-state index contributed by atoms with van der Waals surface area (Å²) in [6.45, 7) is 2.44. The van der Waals surface area contributed by atoms with Crippen LogP contribution in [0.3, 0.4) is 0 Å². The van der Waals surface area contributed by atoms with Crippen LogP contribution in [-0.2, 0) is 0 Å². The number of nitrogens with one attached hydrogen (secondary N) is 1. The summed E-state index contributed by atoms with van der Waals surface area (Å²) in [4.78, 5) is 21.9. The molecule has 0 fully saturated rings. The lowest BCUT2D eigenvalue weighted by Gasteiger charge is -2.08. The summed E-state index contributed by atoms with van der Waals surface area (Å²) in [5.74, 6) is -0.589. The van der Waals surface area contributed by atoms with Gasteiger partial charge in [0, 0.05) is 18.3 Å². The molecule has 0 aromatic carbocycles. The average molecular weight is 277 g/mol. The van der Waals surface area contributed by atoms with Crippen molar-refractivity contribution < 1.29 is 9.31 Å². The number of aromatic nitrogens is 3. The molecule has 0 aliphatic heterocycles. The molecule has 0 aliphatic rings. The van der Waals surface area contributed by atoms with Gasteiger partial charge in [-0.05, 0) is 12.5 Å². The molecule has 2 aromatic heterocycles. The van der Waals surface area contributed by atoms with E-state index in [-0.39, 0.29) is 22.8 Å². The van der Waals surface area contributed by atoms with Crippen molar-refractivity contribution in [2.45, 2.75) is 13.3 Å². The Labute approximate surface area is 114 Å². The van der Waals surface area contributed by atoms with E-state index in [0.717, 1.165) is 12.6 Å². The zero-order valence-electron chi connectivity index (χ0n) is 10.7. The second-order valence-corrected chi connectivity index (χ2v) is 3.96. The highest BCUT2D eigenvalue weighted by molar-refractivity contribution is 5.76. The van der Waals surface area contributed by atoms with Crippen LogP contribution in [0.25, 0.3) is 11.3 Å². The molecule has 0 spiro atoms. The van der Waals surface area contributed by atoms with Gasteiger partial charge in [0.05, 0.1) is 11.1 Å². The fourth-order valence-corrected chi connectivity index (χ4v) is 1.69. The predicted molar refractivity (Wildman–Crippen MR) is 70.7 cm³/mol. The predicted octanol–water partition coefficient (Wildman–Crippen LogP) is 2.41. The second kappa shape index (κ2) is 6.00. The lowest BCUT2D eigenvalue weighted by atomic mass is 10.1. The summed E-state index contributed by atoms with van der Waals surface area (Å²) in [5, 5.41) is 14.1. The van der Waals surface area contributed by atoms with Crippen LogP contribution in [0.5, 0.6) is 0 Å². The number of anilines is 1. The Balaban J connectivity index is 2.58. The minimum Gasteiger partial charge on any atom is -0.364 e. The number of halogens is 1. The van der Waals surface area contributed by atoms with E-state index in [1.54, 1.807) is 0 Å². The molecule has 0 aliphatic carbocycles. The van der Waals surface area contributed by atoms with Crippen molar-refractivity contribution >= 4 is 11.5 Å². The summed E-state index contributed by atoms with van der Waals surface area (Å²) in [5.41, 5.74) is -0.386. The third-order valence-electron chi connectivity index (χ3n) is 2.57. The molecule has 1 N–H and O–H groups in total. The van der Waals surface area contributed by atoms with E-state index in [4.69, 9.17) is 0 Å². The number of pyridine rings is 1. The summed E-state index contributed by atoms with van der Waals surface area (Å²) in [7, 11) is 0. The smallest absolute Gasteiger partial charge is 0.337 e. The van der Waals surface area contributed by atoms with Crippen molar-refractivity contribution in [1.29, 1.82) is 0 Å². The standard InChI is InChI=1S/C12H12FN5O2/c1-2-4-15-12-11(18(19)20)10(16-7-17-12)8-3-5-14-6-9(8)13/h3,5-7H,2,4H2,1H3,(H,15,16,17). The molecule has 7 nitrogen and oxygen atoms in total. The summed E-state index contributed by atoms with van der Waals surface area (Å²) >= 11 is 0. The molecule has 0 saturated carbocycles. The van der Waals surface area contributed by atoms with Gasteiger partial charge in [0.1, 0.15) is 6.33 Å². The second-order valence-electron chi connectivity index (χ2n) is 3.96. The topological polar surface area (TPSA) is 93.8 Å². The van der Waals surface area contributed by atoms with E-state index in [2.05, 4.69) is 20.3 Å². The fourth-order valence-electron chi connectivity index (χ4n) is 1.69. The Kier molecular flexibility index (Phi) is 4.14. The highest BCUT2D eigenvalue weighted by Gasteiger charge is 2.25. The van der Waals surface area contributed by atoms with Crippen molar-refractivity contribution in [1.82, 2.24) is 15.0 Å². The van der Waals surface area contributed by atoms with Gasteiger partial charge in [0.25, 0.3) is 0 Å². The number of rotatable bonds is 5. The zero-order chi connectivity index (χ0) is 14.5. The first-order valence-corrected chi connectivity index (χ1v) is 5.98. The Hall–Kier alpha value is -2.64. The van der Waals surface area contributed by atoms with Crippen molar-refractivity contribution in [2.75, 3.05) is 11.9 Å². The molecule has 20 heavy (non-hydrogen) atoms. The minimum atomic E-state index is -0.671. The molecule has 0 bridgehead atoms. The van der Waals surface area contributed by atoms with Crippen LogP contribution in [0.15, 0.2) is 24.8 Å². The molecule has 8 heteroatoms. The maximum atomic E-state index is 13.7. The lowest BCUT2D eigenvalue weighted by Crippen LogP contribution is -2.07. The fraction of sp³-hybridized carbons (Fsp3) is 0.250. The Bertz CT molecular complexity index is 635. The maximum absolute atomic E-state index is 13.7. The normalized spacial score (nSPS) is 10.3. The largest absolute Gasteiger partial charge is 0.364 e. The van der Waals surface area contributed by atoms with Gasteiger partial charge >= 0.3 is 5.69 Å². The van der Waals surface area contributed by atoms with Crippen molar-refractivity contribution in [2.24, 2.45) is 0 Å². The van der Waals surface area contributed by atoms with Crippen LogP contribution in [0.1, 0.15) is 13.3 Å². The quantitative estimate of drug-likeness (QED) is 0.666. The van der Waals surface area contributed by atoms with Crippen molar-refractivity contribution in [3.63, 3.8) is 0 Å². The monoisotopic (exact) mass is 277 g/mol. The molecular formula is C12H12FN5O2. The third-order valence-corrected chi connectivity index (χ3v) is 2.57. The molecule has 0 atom stereocenters. The van der Waals surface area contributed by atoms with Gasteiger partial charge in [-0.1, -0.05) is 6.92 Å². The molecule has 0 amide bonds. The minimum absolute atomic E-state index is 0.0219. The van der Waals surface area contributed by atoms with Gasteiger partial charge < -0.3 is 5.32 Å². The molecular weight excluding hydrogens is 265 g/mol. The molecule has 2 aromatic rings. The summed E-state index contributed by atoms with van der Waals surface area (Å²) in [6.07, 6.45) is 4.28. The van der Waals surface area contributed by atoms with Crippen LogP contribution in [-0.4, -0.2) is 26.4 Å². The first-order chi connectivity index (χ1) is 9.65. The van der Waals surface area contributed by atoms with Crippen molar-refractivity contribution in [3.8, 4) is 11.3 Å². The van der Waals surface area contributed by atoms with Gasteiger partial charge in [-0.25, -0.2) is 14.4 Å².